The Morgan fingerprint density at radius 1 is 1.07 bits per heavy atom. The third kappa shape index (κ3) is 1.94. The minimum absolute atomic E-state index is 0.545. The van der Waals surface area contributed by atoms with Gasteiger partial charge in [-0.1, -0.05) is 41.9 Å². The molecule has 70 valence electrons. The minimum Gasteiger partial charge on any atom is -0.236 e. The zero-order chi connectivity index (χ0) is 9.97. The van der Waals surface area contributed by atoms with E-state index in [9.17, 15) is 0 Å². The molecule has 1 aromatic heterocycles. The third-order valence-corrected chi connectivity index (χ3v) is 2.20. The van der Waals surface area contributed by atoms with Gasteiger partial charge in [0, 0.05) is 5.56 Å². The molecule has 14 heavy (non-hydrogen) atoms. The second-order valence-corrected chi connectivity index (χ2v) is 3.61. The largest absolute Gasteiger partial charge is 0.236 e. The maximum absolute atomic E-state index is 5.89. The van der Waals surface area contributed by atoms with E-state index < -0.39 is 0 Å². The van der Waals surface area contributed by atoms with Crippen LogP contribution in [-0.2, 0) is 0 Å². The number of aromatic nitrogens is 1. The second-order valence-electron chi connectivity index (χ2n) is 3.22. The summed E-state index contributed by atoms with van der Waals surface area (Å²) in [5.41, 5.74) is 3.15. The molecule has 0 fully saturated rings. The van der Waals surface area contributed by atoms with Crippen LogP contribution < -0.4 is 0 Å². The number of nitrogens with zero attached hydrogens (tertiary/aromatic N) is 1. The average molecular weight is 204 g/mol. The number of hydrogen-bond acceptors (Lipinski definition) is 1. The quantitative estimate of drug-likeness (QED) is 0.644. The van der Waals surface area contributed by atoms with Crippen molar-refractivity contribution in [2.24, 2.45) is 0 Å². The molecular formula is C12H10ClN. The fourth-order valence-electron chi connectivity index (χ4n) is 1.38. The second kappa shape index (κ2) is 3.81. The van der Waals surface area contributed by atoms with Crippen LogP contribution in [0.5, 0.6) is 0 Å². The molecule has 0 radical (unpaired) electrons. The molecule has 0 aliphatic rings. The highest BCUT2D eigenvalue weighted by atomic mass is 35.5. The molecule has 0 aliphatic heterocycles. The van der Waals surface area contributed by atoms with E-state index in [4.69, 9.17) is 11.6 Å². The van der Waals surface area contributed by atoms with Crippen molar-refractivity contribution in [3.8, 4) is 11.3 Å². The van der Waals surface area contributed by atoms with Crippen LogP contribution in [0, 0.1) is 6.92 Å². The van der Waals surface area contributed by atoms with Crippen LogP contribution in [0.25, 0.3) is 11.3 Å². The summed E-state index contributed by atoms with van der Waals surface area (Å²) in [6.07, 6.45) is 0. The Bertz CT molecular complexity index is 417. The van der Waals surface area contributed by atoms with Gasteiger partial charge in [-0.15, -0.1) is 0 Å². The van der Waals surface area contributed by atoms with Crippen LogP contribution in [0.15, 0.2) is 42.5 Å². The van der Waals surface area contributed by atoms with E-state index >= 15 is 0 Å². The molecule has 0 spiro atoms. The molecule has 0 bridgehead atoms. The van der Waals surface area contributed by atoms with Gasteiger partial charge in [0.1, 0.15) is 5.15 Å². The summed E-state index contributed by atoms with van der Waals surface area (Å²) in [5, 5.41) is 0.545. The van der Waals surface area contributed by atoms with Gasteiger partial charge in [-0.25, -0.2) is 4.98 Å². The van der Waals surface area contributed by atoms with Crippen molar-refractivity contribution in [1.82, 2.24) is 4.98 Å². The summed E-state index contributed by atoms with van der Waals surface area (Å²) in [4.78, 5) is 4.27. The number of benzene rings is 1. The molecule has 2 rings (SSSR count). The van der Waals surface area contributed by atoms with Gasteiger partial charge in [-0.05, 0) is 24.6 Å². The fourth-order valence-corrected chi connectivity index (χ4v) is 1.64. The lowest BCUT2D eigenvalue weighted by Crippen LogP contribution is -1.85. The summed E-state index contributed by atoms with van der Waals surface area (Å²) in [6.45, 7) is 2.01. The lowest BCUT2D eigenvalue weighted by atomic mass is 10.1. The number of aryl methyl sites for hydroxylation is 1. The Kier molecular flexibility index (Phi) is 2.51. The van der Waals surface area contributed by atoms with Crippen molar-refractivity contribution in [1.29, 1.82) is 0 Å². The van der Waals surface area contributed by atoms with Crippen molar-refractivity contribution >= 4 is 11.6 Å². The van der Waals surface area contributed by atoms with E-state index in [-0.39, 0.29) is 0 Å². The van der Waals surface area contributed by atoms with E-state index in [1.54, 1.807) is 0 Å². The molecule has 1 heterocycles. The Morgan fingerprint density at radius 3 is 2.43 bits per heavy atom. The summed E-state index contributed by atoms with van der Waals surface area (Å²) >= 11 is 5.89. The molecule has 1 nitrogen and oxygen atoms in total. The smallest absolute Gasteiger partial charge is 0.130 e. The minimum atomic E-state index is 0.545. The van der Waals surface area contributed by atoms with Crippen LogP contribution in [0.1, 0.15) is 5.56 Å². The Labute approximate surface area is 88.4 Å². The Morgan fingerprint density at radius 2 is 1.79 bits per heavy atom. The van der Waals surface area contributed by atoms with E-state index in [2.05, 4.69) is 4.98 Å². The molecule has 2 heteroatoms. The zero-order valence-corrected chi connectivity index (χ0v) is 8.62. The van der Waals surface area contributed by atoms with Gasteiger partial charge in [-0.2, -0.15) is 0 Å². The highest BCUT2D eigenvalue weighted by Gasteiger charge is 2.00. The van der Waals surface area contributed by atoms with Crippen LogP contribution in [0.3, 0.4) is 0 Å². The highest BCUT2D eigenvalue weighted by Crippen LogP contribution is 2.20. The van der Waals surface area contributed by atoms with E-state index in [1.165, 1.54) is 0 Å². The topological polar surface area (TPSA) is 12.9 Å². The summed E-state index contributed by atoms with van der Waals surface area (Å²) in [5.74, 6) is 0. The SMILES string of the molecule is Cc1cc(Cl)nc(-c2ccccc2)c1. The monoisotopic (exact) mass is 203 g/mol. The zero-order valence-electron chi connectivity index (χ0n) is 7.87. The standard InChI is InChI=1S/C12H10ClN/c1-9-7-11(14-12(13)8-9)10-5-3-2-4-6-10/h2-8H,1H3. The van der Waals surface area contributed by atoms with Crippen LogP contribution in [-0.4, -0.2) is 4.98 Å². The van der Waals surface area contributed by atoms with Gasteiger partial charge in [0.15, 0.2) is 0 Å². The highest BCUT2D eigenvalue weighted by molar-refractivity contribution is 6.29. The van der Waals surface area contributed by atoms with Gasteiger partial charge in [-0.3, -0.25) is 0 Å². The first-order valence-electron chi connectivity index (χ1n) is 4.45. The van der Waals surface area contributed by atoms with Crippen molar-refractivity contribution in [2.45, 2.75) is 6.92 Å². The predicted octanol–water partition coefficient (Wildman–Crippen LogP) is 3.71. The molecule has 2 aromatic rings. The lowest BCUT2D eigenvalue weighted by molar-refractivity contribution is 1.29. The summed E-state index contributed by atoms with van der Waals surface area (Å²) in [7, 11) is 0. The molecule has 0 atom stereocenters. The molecule has 0 aliphatic carbocycles. The first-order chi connectivity index (χ1) is 6.75. The van der Waals surface area contributed by atoms with Gasteiger partial charge < -0.3 is 0 Å². The molecule has 0 amide bonds. The molecule has 1 aromatic carbocycles. The maximum atomic E-state index is 5.89. The van der Waals surface area contributed by atoms with Gasteiger partial charge in [0.05, 0.1) is 5.69 Å². The van der Waals surface area contributed by atoms with Gasteiger partial charge in [0.2, 0.25) is 0 Å². The lowest BCUT2D eigenvalue weighted by Gasteiger charge is -2.02. The maximum Gasteiger partial charge on any atom is 0.130 e. The molecule has 0 unspecified atom stereocenters. The van der Waals surface area contributed by atoms with Gasteiger partial charge in [0.25, 0.3) is 0 Å². The van der Waals surface area contributed by atoms with Gasteiger partial charge >= 0.3 is 0 Å². The Balaban J connectivity index is 2.52. The van der Waals surface area contributed by atoms with E-state index in [0.717, 1.165) is 16.8 Å². The first-order valence-corrected chi connectivity index (χ1v) is 4.83. The molecule has 0 saturated carbocycles. The van der Waals surface area contributed by atoms with Crippen LogP contribution >= 0.6 is 11.6 Å². The van der Waals surface area contributed by atoms with Crippen molar-refractivity contribution in [3.63, 3.8) is 0 Å². The van der Waals surface area contributed by atoms with Crippen LogP contribution in [0.4, 0.5) is 0 Å². The van der Waals surface area contributed by atoms with Crippen molar-refractivity contribution in [3.05, 3.63) is 53.2 Å². The number of hydrogen-bond donors (Lipinski definition) is 0. The van der Waals surface area contributed by atoms with Crippen molar-refractivity contribution < 1.29 is 0 Å². The van der Waals surface area contributed by atoms with Crippen molar-refractivity contribution in [2.75, 3.05) is 0 Å². The molecule has 0 saturated heterocycles. The molecular weight excluding hydrogens is 194 g/mol. The molecule has 0 N–H and O–H groups in total. The normalized spacial score (nSPS) is 10.1. The van der Waals surface area contributed by atoms with Crippen LogP contribution in [0.2, 0.25) is 5.15 Å². The Hall–Kier alpha value is -1.34. The number of halogens is 1. The summed E-state index contributed by atoms with van der Waals surface area (Å²) in [6, 6.07) is 13.9. The summed E-state index contributed by atoms with van der Waals surface area (Å²) < 4.78 is 0. The third-order valence-electron chi connectivity index (χ3n) is 2.01. The van der Waals surface area contributed by atoms with E-state index in [1.807, 2.05) is 49.4 Å². The first kappa shape index (κ1) is 9.22. The fraction of sp³-hybridized carbons (Fsp3) is 0.0833. The number of pyridine rings is 1. The average Bonchev–Trinajstić information content (AvgIpc) is 2.18. The van der Waals surface area contributed by atoms with E-state index in [0.29, 0.717) is 5.15 Å². The predicted molar refractivity (Wildman–Crippen MR) is 59.4 cm³/mol. The number of rotatable bonds is 1.